The summed E-state index contributed by atoms with van der Waals surface area (Å²) in [6.45, 7) is 4.91. The van der Waals surface area contributed by atoms with Gasteiger partial charge in [-0.05, 0) is 73.6 Å². The molecule has 5 nitrogen and oxygen atoms in total. The summed E-state index contributed by atoms with van der Waals surface area (Å²) in [5.41, 5.74) is 3.20. The average molecular weight is 360 g/mol. The fraction of sp³-hybridized carbons (Fsp3) is 0.421. The zero-order valence-corrected chi connectivity index (χ0v) is 15.7. The summed E-state index contributed by atoms with van der Waals surface area (Å²) in [5, 5.41) is 0. The van der Waals surface area contributed by atoms with E-state index in [0.29, 0.717) is 24.8 Å². The molecular formula is C19H24N2O3S. The number of aryl methyl sites for hydroxylation is 2. The van der Waals surface area contributed by atoms with E-state index in [1.807, 2.05) is 26.0 Å². The van der Waals surface area contributed by atoms with Gasteiger partial charge in [-0.3, -0.25) is 4.98 Å². The van der Waals surface area contributed by atoms with Crippen molar-refractivity contribution in [3.8, 4) is 5.75 Å². The zero-order valence-electron chi connectivity index (χ0n) is 14.9. The normalized spacial score (nSPS) is 16.8. The van der Waals surface area contributed by atoms with Crippen LogP contribution in [0.25, 0.3) is 0 Å². The van der Waals surface area contributed by atoms with E-state index in [9.17, 15) is 8.42 Å². The van der Waals surface area contributed by atoms with Gasteiger partial charge >= 0.3 is 0 Å². The molecule has 0 radical (unpaired) electrons. The van der Waals surface area contributed by atoms with Crippen molar-refractivity contribution in [3.63, 3.8) is 0 Å². The Balaban J connectivity index is 1.82. The van der Waals surface area contributed by atoms with Crippen molar-refractivity contribution in [2.45, 2.75) is 37.5 Å². The van der Waals surface area contributed by atoms with Gasteiger partial charge in [-0.1, -0.05) is 0 Å². The fourth-order valence-electron chi connectivity index (χ4n) is 3.33. The van der Waals surface area contributed by atoms with E-state index in [2.05, 4.69) is 4.98 Å². The number of aromatic nitrogens is 1. The lowest BCUT2D eigenvalue weighted by Crippen LogP contribution is -2.38. The number of piperidine rings is 1. The molecule has 0 saturated carbocycles. The Bertz CT molecular complexity index is 842. The van der Waals surface area contributed by atoms with Crippen molar-refractivity contribution in [1.29, 1.82) is 0 Å². The number of sulfonamides is 1. The van der Waals surface area contributed by atoms with Crippen LogP contribution >= 0.6 is 0 Å². The molecular weight excluding hydrogens is 336 g/mol. The molecule has 1 fully saturated rings. The van der Waals surface area contributed by atoms with Crippen molar-refractivity contribution in [1.82, 2.24) is 9.29 Å². The molecule has 0 aliphatic carbocycles. The molecule has 0 bridgehead atoms. The number of hydrogen-bond acceptors (Lipinski definition) is 4. The lowest BCUT2D eigenvalue weighted by molar-refractivity contribution is 0.317. The maximum atomic E-state index is 13.1. The predicted molar refractivity (Wildman–Crippen MR) is 97.4 cm³/mol. The molecule has 1 aromatic carbocycles. The maximum absolute atomic E-state index is 13.1. The second-order valence-corrected chi connectivity index (χ2v) is 8.45. The molecule has 2 aromatic rings. The molecule has 0 unspecified atom stereocenters. The lowest BCUT2D eigenvalue weighted by atomic mass is 9.91. The summed E-state index contributed by atoms with van der Waals surface area (Å²) in [6.07, 6.45) is 5.21. The van der Waals surface area contributed by atoms with E-state index in [0.717, 1.165) is 24.0 Å². The van der Waals surface area contributed by atoms with Crippen molar-refractivity contribution >= 4 is 10.0 Å². The number of hydrogen-bond donors (Lipinski definition) is 0. The average Bonchev–Trinajstić information content (AvgIpc) is 2.64. The second-order valence-electron chi connectivity index (χ2n) is 6.55. The summed E-state index contributed by atoms with van der Waals surface area (Å²) in [6, 6.07) is 7.55. The molecule has 134 valence electrons. The number of benzene rings is 1. The van der Waals surface area contributed by atoms with Gasteiger partial charge in [0.15, 0.2) is 0 Å². The highest BCUT2D eigenvalue weighted by Gasteiger charge is 2.32. The molecule has 1 saturated heterocycles. The molecule has 0 spiro atoms. The smallest absolute Gasteiger partial charge is 0.246 e. The molecule has 2 heterocycles. The maximum Gasteiger partial charge on any atom is 0.246 e. The van der Waals surface area contributed by atoms with Crippen molar-refractivity contribution in [2.75, 3.05) is 20.2 Å². The first kappa shape index (κ1) is 17.9. The highest BCUT2D eigenvalue weighted by Crippen LogP contribution is 2.34. The molecule has 1 aliphatic heterocycles. The number of ether oxygens (including phenoxy) is 1. The molecule has 1 aromatic heterocycles. The summed E-state index contributed by atoms with van der Waals surface area (Å²) >= 11 is 0. The number of rotatable bonds is 4. The van der Waals surface area contributed by atoms with Crippen molar-refractivity contribution in [2.24, 2.45) is 0 Å². The van der Waals surface area contributed by atoms with E-state index in [-0.39, 0.29) is 4.90 Å². The molecule has 25 heavy (non-hydrogen) atoms. The van der Waals surface area contributed by atoms with Gasteiger partial charge in [0.2, 0.25) is 10.0 Å². The van der Waals surface area contributed by atoms with Gasteiger partial charge < -0.3 is 4.74 Å². The third kappa shape index (κ3) is 3.55. The molecule has 1 aliphatic rings. The quantitative estimate of drug-likeness (QED) is 0.840. The Labute approximate surface area is 149 Å². The highest BCUT2D eigenvalue weighted by atomic mass is 32.2. The van der Waals surface area contributed by atoms with Crippen LogP contribution in [-0.2, 0) is 10.0 Å². The number of pyridine rings is 1. The Hall–Kier alpha value is -1.92. The van der Waals surface area contributed by atoms with Crippen LogP contribution < -0.4 is 4.74 Å². The molecule has 6 heteroatoms. The Morgan fingerprint density at radius 3 is 2.28 bits per heavy atom. The van der Waals surface area contributed by atoms with E-state index >= 15 is 0 Å². The van der Waals surface area contributed by atoms with Crippen molar-refractivity contribution < 1.29 is 13.2 Å². The van der Waals surface area contributed by atoms with Gasteiger partial charge in [0.05, 0.1) is 7.11 Å². The van der Waals surface area contributed by atoms with E-state index in [1.165, 1.54) is 12.7 Å². The fourth-order valence-corrected chi connectivity index (χ4v) is 5.02. The van der Waals surface area contributed by atoms with Crippen LogP contribution in [0, 0.1) is 13.8 Å². The largest absolute Gasteiger partial charge is 0.495 e. The minimum absolute atomic E-state index is 0.264. The predicted octanol–water partition coefficient (Wildman–Crippen LogP) is 3.28. The summed E-state index contributed by atoms with van der Waals surface area (Å²) in [7, 11) is -2.04. The molecule has 0 amide bonds. The highest BCUT2D eigenvalue weighted by molar-refractivity contribution is 7.89. The van der Waals surface area contributed by atoms with Crippen LogP contribution in [0.3, 0.4) is 0 Å². The van der Waals surface area contributed by atoms with Gasteiger partial charge in [0.25, 0.3) is 0 Å². The first-order valence-corrected chi connectivity index (χ1v) is 9.93. The van der Waals surface area contributed by atoms with Gasteiger partial charge in [-0.25, -0.2) is 8.42 Å². The summed E-state index contributed by atoms with van der Waals surface area (Å²) in [5.74, 6) is 0.801. The summed E-state index contributed by atoms with van der Waals surface area (Å²) < 4.78 is 33.1. The molecule has 0 atom stereocenters. The molecule has 0 N–H and O–H groups in total. The Morgan fingerprint density at radius 2 is 1.68 bits per heavy atom. The van der Waals surface area contributed by atoms with Crippen LogP contribution in [0.5, 0.6) is 5.75 Å². The van der Waals surface area contributed by atoms with Gasteiger partial charge in [-0.2, -0.15) is 4.31 Å². The van der Waals surface area contributed by atoms with E-state index in [4.69, 9.17) is 4.74 Å². The lowest BCUT2D eigenvalue weighted by Gasteiger charge is -2.31. The third-order valence-electron chi connectivity index (χ3n) is 5.03. The van der Waals surface area contributed by atoms with Crippen LogP contribution in [0.1, 0.15) is 35.4 Å². The van der Waals surface area contributed by atoms with Gasteiger partial charge in [0, 0.05) is 25.5 Å². The third-order valence-corrected chi connectivity index (χ3v) is 6.95. The first-order chi connectivity index (χ1) is 11.9. The van der Waals surface area contributed by atoms with Crippen molar-refractivity contribution in [3.05, 3.63) is 53.3 Å². The molecule has 3 rings (SSSR count). The van der Waals surface area contributed by atoms with Crippen LogP contribution in [0.15, 0.2) is 41.6 Å². The van der Waals surface area contributed by atoms with E-state index in [1.54, 1.807) is 28.8 Å². The second kappa shape index (κ2) is 7.14. The minimum atomic E-state index is -3.55. The van der Waals surface area contributed by atoms with E-state index < -0.39 is 10.0 Å². The van der Waals surface area contributed by atoms with Crippen LogP contribution in [-0.4, -0.2) is 37.9 Å². The monoisotopic (exact) mass is 360 g/mol. The minimum Gasteiger partial charge on any atom is -0.495 e. The van der Waals surface area contributed by atoms with Gasteiger partial charge in [0.1, 0.15) is 10.6 Å². The number of nitrogens with zero attached hydrogens (tertiary/aromatic N) is 2. The van der Waals surface area contributed by atoms with Gasteiger partial charge in [-0.15, -0.1) is 0 Å². The Kier molecular flexibility index (Phi) is 5.11. The zero-order chi connectivity index (χ0) is 18.0. The standard InChI is InChI=1S/C19H24N2O3S/c1-14-12-18(24-3)19(13-15(14)2)25(22,23)21-10-6-17(7-11-21)16-4-8-20-9-5-16/h4-5,8-9,12-13,17H,6-7,10-11H2,1-3H3. The SMILES string of the molecule is COc1cc(C)c(C)cc1S(=O)(=O)N1CCC(c2ccncc2)CC1. The Morgan fingerprint density at radius 1 is 1.08 bits per heavy atom. The van der Waals surface area contributed by atoms with Crippen LogP contribution in [0.4, 0.5) is 0 Å². The number of methoxy groups -OCH3 is 1. The summed E-state index contributed by atoms with van der Waals surface area (Å²) in [4.78, 5) is 4.31. The topological polar surface area (TPSA) is 59.5 Å². The van der Waals surface area contributed by atoms with Crippen LogP contribution in [0.2, 0.25) is 0 Å². The first-order valence-electron chi connectivity index (χ1n) is 8.49.